The molecule has 3 rings (SSSR count). The number of halogens is 4. The Kier molecular flexibility index (Phi) is 7.37. The summed E-state index contributed by atoms with van der Waals surface area (Å²) >= 11 is 3.31. The molecule has 0 spiro atoms. The van der Waals surface area contributed by atoms with Crippen molar-refractivity contribution in [2.24, 2.45) is 0 Å². The molecule has 0 saturated carbocycles. The van der Waals surface area contributed by atoms with Gasteiger partial charge in [0.15, 0.2) is 0 Å². The number of alkyl halides is 3. The van der Waals surface area contributed by atoms with E-state index in [1.54, 1.807) is 42.5 Å². The molecular weight excluding hydrogens is 509 g/mol. The second kappa shape index (κ2) is 9.85. The van der Waals surface area contributed by atoms with Crippen molar-refractivity contribution in [2.45, 2.75) is 17.6 Å². The molecule has 3 aromatic carbocycles. The standard InChI is InChI=1S/C22H18BrF3N2O3S/c23-18-11-9-16(10-12-18)14-28(32(30,31)20-7-2-1-3-8-20)15-21(29)27-19-6-4-5-17(13-19)22(24,25)26/h1-13H,14-15H2,(H,27,29). The molecule has 0 atom stereocenters. The van der Waals surface area contributed by atoms with Crippen molar-refractivity contribution in [1.82, 2.24) is 4.31 Å². The first-order valence-electron chi connectivity index (χ1n) is 9.32. The molecule has 168 valence electrons. The first-order chi connectivity index (χ1) is 15.1. The fourth-order valence-electron chi connectivity index (χ4n) is 2.89. The minimum absolute atomic E-state index is 0.00369. The van der Waals surface area contributed by atoms with Crippen molar-refractivity contribution in [3.8, 4) is 0 Å². The van der Waals surface area contributed by atoms with Gasteiger partial charge in [0, 0.05) is 16.7 Å². The Morgan fingerprint density at radius 1 is 0.938 bits per heavy atom. The third-order valence-electron chi connectivity index (χ3n) is 4.45. The van der Waals surface area contributed by atoms with E-state index in [0.717, 1.165) is 20.9 Å². The Balaban J connectivity index is 1.85. The number of rotatable bonds is 7. The minimum atomic E-state index is -4.56. The van der Waals surface area contributed by atoms with Gasteiger partial charge in [-0.15, -0.1) is 0 Å². The second-order valence-electron chi connectivity index (χ2n) is 6.84. The smallest absolute Gasteiger partial charge is 0.325 e. The SMILES string of the molecule is O=C(CN(Cc1ccc(Br)cc1)S(=O)(=O)c1ccccc1)Nc1cccc(C(F)(F)F)c1. The number of carbonyl (C=O) groups is 1. The van der Waals surface area contributed by atoms with Crippen LogP contribution >= 0.6 is 15.9 Å². The van der Waals surface area contributed by atoms with E-state index in [0.29, 0.717) is 5.56 Å². The predicted molar refractivity (Wildman–Crippen MR) is 118 cm³/mol. The molecule has 0 aromatic heterocycles. The number of amides is 1. The molecule has 1 amide bonds. The molecule has 0 fully saturated rings. The predicted octanol–water partition coefficient (Wildman–Crippen LogP) is 5.30. The summed E-state index contributed by atoms with van der Waals surface area (Å²) in [6, 6.07) is 18.7. The number of benzene rings is 3. The molecule has 5 nitrogen and oxygen atoms in total. The first kappa shape index (κ1) is 24.0. The van der Waals surface area contributed by atoms with E-state index in [9.17, 15) is 26.4 Å². The molecule has 0 saturated heterocycles. The van der Waals surface area contributed by atoms with E-state index in [1.165, 1.54) is 24.3 Å². The summed E-state index contributed by atoms with van der Waals surface area (Å²) in [4.78, 5) is 12.6. The average Bonchev–Trinajstić information content (AvgIpc) is 2.75. The molecule has 0 bridgehead atoms. The average molecular weight is 527 g/mol. The van der Waals surface area contributed by atoms with Crippen LogP contribution in [0.2, 0.25) is 0 Å². The Morgan fingerprint density at radius 2 is 1.59 bits per heavy atom. The minimum Gasteiger partial charge on any atom is -0.325 e. The summed E-state index contributed by atoms with van der Waals surface area (Å²) in [6.45, 7) is -0.677. The maximum atomic E-state index is 13.2. The lowest BCUT2D eigenvalue weighted by atomic mass is 10.2. The van der Waals surface area contributed by atoms with Crippen molar-refractivity contribution in [3.63, 3.8) is 0 Å². The van der Waals surface area contributed by atoms with Crippen LogP contribution in [0.25, 0.3) is 0 Å². The normalized spacial score (nSPS) is 12.0. The van der Waals surface area contributed by atoms with Crippen molar-refractivity contribution in [3.05, 3.63) is 94.5 Å². The largest absolute Gasteiger partial charge is 0.416 e. The van der Waals surface area contributed by atoms with Crippen molar-refractivity contribution in [1.29, 1.82) is 0 Å². The molecule has 0 aliphatic carbocycles. The van der Waals surface area contributed by atoms with Gasteiger partial charge < -0.3 is 5.32 Å². The highest BCUT2D eigenvalue weighted by atomic mass is 79.9. The fourth-order valence-corrected chi connectivity index (χ4v) is 4.56. The Hall–Kier alpha value is -2.69. The van der Waals surface area contributed by atoms with Crippen LogP contribution in [-0.2, 0) is 27.5 Å². The number of hydrogen-bond donors (Lipinski definition) is 1. The third-order valence-corrected chi connectivity index (χ3v) is 6.78. The lowest BCUT2D eigenvalue weighted by Crippen LogP contribution is -2.37. The van der Waals surface area contributed by atoms with Gasteiger partial charge in [-0.25, -0.2) is 8.42 Å². The number of sulfonamides is 1. The number of nitrogens with zero attached hydrogens (tertiary/aromatic N) is 1. The summed E-state index contributed by atoms with van der Waals surface area (Å²) in [5, 5.41) is 2.35. The van der Waals surface area contributed by atoms with Crippen LogP contribution < -0.4 is 5.32 Å². The summed E-state index contributed by atoms with van der Waals surface area (Å²) in [5.41, 5.74) is -0.357. The molecule has 1 N–H and O–H groups in total. The highest BCUT2D eigenvalue weighted by Crippen LogP contribution is 2.30. The zero-order valence-corrected chi connectivity index (χ0v) is 18.9. The highest BCUT2D eigenvalue weighted by Gasteiger charge is 2.31. The monoisotopic (exact) mass is 526 g/mol. The lowest BCUT2D eigenvalue weighted by molar-refractivity contribution is -0.137. The number of hydrogen-bond acceptors (Lipinski definition) is 3. The van der Waals surface area contributed by atoms with Gasteiger partial charge in [0.25, 0.3) is 0 Å². The van der Waals surface area contributed by atoms with Gasteiger partial charge in [-0.2, -0.15) is 17.5 Å². The Labute approximate surface area is 192 Å². The van der Waals surface area contributed by atoms with Gasteiger partial charge in [-0.05, 0) is 48.0 Å². The van der Waals surface area contributed by atoms with Gasteiger partial charge in [-0.1, -0.05) is 52.3 Å². The van der Waals surface area contributed by atoms with E-state index in [2.05, 4.69) is 21.2 Å². The summed E-state index contributed by atoms with van der Waals surface area (Å²) < 4.78 is 66.9. The highest BCUT2D eigenvalue weighted by molar-refractivity contribution is 9.10. The van der Waals surface area contributed by atoms with E-state index in [4.69, 9.17) is 0 Å². The second-order valence-corrected chi connectivity index (χ2v) is 9.69. The van der Waals surface area contributed by atoms with Gasteiger partial charge in [0.2, 0.25) is 15.9 Å². The first-order valence-corrected chi connectivity index (χ1v) is 11.6. The van der Waals surface area contributed by atoms with Crippen molar-refractivity contribution >= 4 is 37.5 Å². The van der Waals surface area contributed by atoms with Crippen LogP contribution in [0.5, 0.6) is 0 Å². The zero-order chi connectivity index (χ0) is 23.4. The molecule has 0 heterocycles. The molecule has 32 heavy (non-hydrogen) atoms. The third kappa shape index (κ3) is 6.18. The van der Waals surface area contributed by atoms with E-state index in [1.807, 2.05) is 0 Å². The Morgan fingerprint density at radius 3 is 2.22 bits per heavy atom. The van der Waals surface area contributed by atoms with Crippen LogP contribution in [0.3, 0.4) is 0 Å². The van der Waals surface area contributed by atoms with Gasteiger partial charge in [-0.3, -0.25) is 4.79 Å². The maximum absolute atomic E-state index is 13.2. The van der Waals surface area contributed by atoms with Crippen LogP contribution in [0.1, 0.15) is 11.1 Å². The summed E-state index contributed by atoms with van der Waals surface area (Å²) in [5.74, 6) is -0.763. The van der Waals surface area contributed by atoms with Gasteiger partial charge in [0.05, 0.1) is 17.0 Å². The topological polar surface area (TPSA) is 66.5 Å². The molecule has 10 heteroatoms. The van der Waals surface area contributed by atoms with Crippen LogP contribution in [0.4, 0.5) is 18.9 Å². The van der Waals surface area contributed by atoms with Crippen molar-refractivity contribution < 1.29 is 26.4 Å². The quantitative estimate of drug-likeness (QED) is 0.454. The summed E-state index contributed by atoms with van der Waals surface area (Å²) in [7, 11) is -4.05. The van der Waals surface area contributed by atoms with Crippen LogP contribution in [-0.4, -0.2) is 25.2 Å². The molecule has 0 unspecified atom stereocenters. The fraction of sp³-hybridized carbons (Fsp3) is 0.136. The van der Waals surface area contributed by atoms with Gasteiger partial charge in [0.1, 0.15) is 0 Å². The summed E-state index contributed by atoms with van der Waals surface area (Å²) in [6.07, 6.45) is -4.56. The molecule has 0 aliphatic rings. The number of nitrogens with one attached hydrogen (secondary N) is 1. The maximum Gasteiger partial charge on any atom is 0.416 e. The number of carbonyl (C=O) groups excluding carboxylic acids is 1. The number of anilines is 1. The van der Waals surface area contributed by atoms with Gasteiger partial charge >= 0.3 is 6.18 Å². The van der Waals surface area contributed by atoms with E-state index < -0.39 is 34.2 Å². The lowest BCUT2D eigenvalue weighted by Gasteiger charge is -2.22. The molecule has 0 radical (unpaired) electrons. The molecular formula is C22H18BrF3N2O3S. The van der Waals surface area contributed by atoms with Crippen molar-refractivity contribution in [2.75, 3.05) is 11.9 Å². The molecule has 3 aromatic rings. The zero-order valence-electron chi connectivity index (χ0n) is 16.5. The van der Waals surface area contributed by atoms with E-state index in [-0.39, 0.29) is 17.1 Å². The van der Waals surface area contributed by atoms with E-state index >= 15 is 0 Å². The van der Waals surface area contributed by atoms with Crippen LogP contribution in [0.15, 0.2) is 88.2 Å². The van der Waals surface area contributed by atoms with Crippen LogP contribution in [0, 0.1) is 0 Å². The molecule has 0 aliphatic heterocycles. The Bertz CT molecular complexity index is 1190.